The number of methoxy groups -OCH3 is 1. The van der Waals surface area contributed by atoms with E-state index in [4.69, 9.17) is 19.6 Å². The molecule has 0 amide bonds. The normalized spacial score (nSPS) is 22.0. The molecule has 6 nitrogen and oxygen atoms in total. The van der Waals surface area contributed by atoms with E-state index in [2.05, 4.69) is 0 Å². The van der Waals surface area contributed by atoms with Gasteiger partial charge in [0.05, 0.1) is 19.8 Å². The molecular formula is C20H19F3N2O4. The monoisotopic (exact) mass is 408 g/mol. The largest absolute Gasteiger partial charge is 0.496 e. The van der Waals surface area contributed by atoms with Gasteiger partial charge in [-0.25, -0.2) is 0 Å². The molecule has 1 aliphatic carbocycles. The van der Waals surface area contributed by atoms with Crippen LogP contribution in [0.3, 0.4) is 0 Å². The molecule has 0 spiro atoms. The lowest BCUT2D eigenvalue weighted by Gasteiger charge is -2.34. The number of alkyl halides is 3. The number of nitrogens with zero attached hydrogens (tertiary/aromatic N) is 1. The highest BCUT2D eigenvalue weighted by Crippen LogP contribution is 2.44. The molecule has 0 saturated carbocycles. The number of allylic oxidation sites excluding steroid dienone is 2. The zero-order chi connectivity index (χ0) is 21.2. The number of ketones is 1. The summed E-state index contributed by atoms with van der Waals surface area (Å²) in [5.41, 5.74) is 1.25. The van der Waals surface area contributed by atoms with Crippen LogP contribution in [-0.2, 0) is 20.9 Å². The molecule has 1 aliphatic heterocycles. The molecule has 29 heavy (non-hydrogen) atoms. The Morgan fingerprint density at radius 1 is 1.34 bits per heavy atom. The van der Waals surface area contributed by atoms with E-state index >= 15 is 0 Å². The van der Waals surface area contributed by atoms with Gasteiger partial charge in [0.2, 0.25) is 5.90 Å². The predicted octanol–water partition coefficient (Wildman–Crippen LogP) is 4.01. The summed E-state index contributed by atoms with van der Waals surface area (Å²) in [7, 11) is 1.38. The summed E-state index contributed by atoms with van der Waals surface area (Å²) in [5.74, 6) is -1.39. The Labute approximate surface area is 165 Å². The summed E-state index contributed by atoms with van der Waals surface area (Å²) in [4.78, 5) is 12.6. The van der Waals surface area contributed by atoms with Crippen molar-refractivity contribution in [3.05, 3.63) is 40.7 Å². The summed E-state index contributed by atoms with van der Waals surface area (Å²) >= 11 is 0. The number of halogens is 3. The van der Waals surface area contributed by atoms with Gasteiger partial charge in [-0.05, 0) is 24.1 Å². The van der Waals surface area contributed by atoms with Crippen LogP contribution in [0, 0.1) is 22.7 Å². The first-order chi connectivity index (χ1) is 13.7. The summed E-state index contributed by atoms with van der Waals surface area (Å²) in [5, 5.41) is 17.7. The Kier molecular flexibility index (Phi) is 5.94. The van der Waals surface area contributed by atoms with E-state index in [1.807, 2.05) is 6.07 Å². The Bertz CT molecular complexity index is 902. The molecular weight excluding hydrogens is 389 g/mol. The second kappa shape index (κ2) is 8.25. The molecule has 0 radical (unpaired) electrons. The van der Waals surface area contributed by atoms with Crippen molar-refractivity contribution < 1.29 is 32.2 Å². The van der Waals surface area contributed by atoms with Crippen molar-refractivity contribution in [3.8, 4) is 11.8 Å². The van der Waals surface area contributed by atoms with Gasteiger partial charge >= 0.3 is 6.18 Å². The standard InChI is InChI=1S/C20H19F3N2O4/c1-27-15-6-5-11(7-12(15)9-28-10-20(21,22)23)17-13(8-24)19(25)29-16-4-2-3-14(26)18(16)17/h5-7,13,17,25H,2-4,9-10H2,1H3. The summed E-state index contributed by atoms with van der Waals surface area (Å²) in [6.07, 6.45) is -3.04. The van der Waals surface area contributed by atoms with Crippen LogP contribution < -0.4 is 4.74 Å². The number of carbonyl (C=O) groups excluding carboxylic acids is 1. The number of nitrogens with one attached hydrogen (secondary N) is 1. The maximum atomic E-state index is 12.6. The molecule has 3 rings (SSSR count). The van der Waals surface area contributed by atoms with E-state index < -0.39 is 24.6 Å². The lowest BCUT2D eigenvalue weighted by Crippen LogP contribution is -2.34. The molecule has 0 aromatic heterocycles. The van der Waals surface area contributed by atoms with Crippen LogP contribution in [0.1, 0.15) is 36.3 Å². The molecule has 0 bridgehead atoms. The van der Waals surface area contributed by atoms with Crippen molar-refractivity contribution in [3.63, 3.8) is 0 Å². The number of carbonyl (C=O) groups is 1. The molecule has 154 valence electrons. The number of hydrogen-bond acceptors (Lipinski definition) is 6. The van der Waals surface area contributed by atoms with Crippen LogP contribution in [-0.4, -0.2) is 31.6 Å². The van der Waals surface area contributed by atoms with E-state index in [0.717, 1.165) is 0 Å². The first-order valence-electron chi connectivity index (χ1n) is 8.98. The molecule has 2 aliphatic rings. The van der Waals surface area contributed by atoms with Crippen LogP contribution in [0.25, 0.3) is 0 Å². The Hall–Kier alpha value is -2.86. The highest BCUT2D eigenvalue weighted by atomic mass is 19.4. The van der Waals surface area contributed by atoms with Gasteiger partial charge in [-0.3, -0.25) is 10.2 Å². The zero-order valence-corrected chi connectivity index (χ0v) is 15.6. The number of benzene rings is 1. The SMILES string of the molecule is COc1ccc(C2C3=C(CCCC3=O)OC(=N)C2C#N)cc1COCC(F)(F)F. The van der Waals surface area contributed by atoms with Gasteiger partial charge in [0.25, 0.3) is 0 Å². The van der Waals surface area contributed by atoms with E-state index in [0.29, 0.717) is 47.5 Å². The van der Waals surface area contributed by atoms with Crippen molar-refractivity contribution in [1.82, 2.24) is 0 Å². The number of rotatable bonds is 5. The van der Waals surface area contributed by atoms with Gasteiger partial charge in [-0.2, -0.15) is 18.4 Å². The highest BCUT2D eigenvalue weighted by molar-refractivity contribution is 6.01. The minimum absolute atomic E-state index is 0.144. The average Bonchev–Trinajstić information content (AvgIpc) is 2.66. The van der Waals surface area contributed by atoms with Crippen molar-refractivity contribution in [1.29, 1.82) is 10.7 Å². The minimum atomic E-state index is -4.46. The van der Waals surface area contributed by atoms with Gasteiger partial charge in [0, 0.05) is 29.9 Å². The fourth-order valence-corrected chi connectivity index (χ4v) is 3.68. The lowest BCUT2D eigenvalue weighted by atomic mass is 9.74. The molecule has 9 heteroatoms. The second-order valence-electron chi connectivity index (χ2n) is 6.84. The Morgan fingerprint density at radius 2 is 2.10 bits per heavy atom. The fraction of sp³-hybridized carbons (Fsp3) is 0.450. The third-order valence-electron chi connectivity index (χ3n) is 4.89. The van der Waals surface area contributed by atoms with Gasteiger partial charge in [0.15, 0.2) is 5.78 Å². The number of nitriles is 1. The van der Waals surface area contributed by atoms with Crippen LogP contribution in [0.2, 0.25) is 0 Å². The second-order valence-corrected chi connectivity index (χ2v) is 6.84. The third-order valence-corrected chi connectivity index (χ3v) is 4.89. The maximum Gasteiger partial charge on any atom is 0.411 e. The Balaban J connectivity index is 2.00. The first kappa shape index (κ1) is 20.9. The Morgan fingerprint density at radius 3 is 2.76 bits per heavy atom. The van der Waals surface area contributed by atoms with Crippen LogP contribution in [0.4, 0.5) is 13.2 Å². The van der Waals surface area contributed by atoms with Gasteiger partial charge in [-0.1, -0.05) is 6.07 Å². The lowest BCUT2D eigenvalue weighted by molar-refractivity contribution is -0.176. The molecule has 1 aromatic carbocycles. The summed E-state index contributed by atoms with van der Waals surface area (Å²) in [6.45, 7) is -1.76. The quantitative estimate of drug-likeness (QED) is 0.795. The smallest absolute Gasteiger partial charge is 0.411 e. The van der Waals surface area contributed by atoms with Crippen LogP contribution in [0.5, 0.6) is 5.75 Å². The maximum absolute atomic E-state index is 12.6. The molecule has 2 unspecified atom stereocenters. The number of hydrogen-bond donors (Lipinski definition) is 1. The topological polar surface area (TPSA) is 92.4 Å². The molecule has 0 fully saturated rings. The minimum Gasteiger partial charge on any atom is -0.496 e. The highest BCUT2D eigenvalue weighted by Gasteiger charge is 2.42. The van der Waals surface area contributed by atoms with Crippen molar-refractivity contribution in [2.75, 3.05) is 13.7 Å². The molecule has 1 heterocycles. The third kappa shape index (κ3) is 4.43. The predicted molar refractivity (Wildman–Crippen MR) is 95.2 cm³/mol. The van der Waals surface area contributed by atoms with Gasteiger partial charge in [0.1, 0.15) is 24.0 Å². The molecule has 1 aromatic rings. The van der Waals surface area contributed by atoms with Gasteiger partial charge < -0.3 is 14.2 Å². The number of Topliss-reactive ketones (excluding diaryl/α,β-unsaturated/α-hetero) is 1. The molecule has 2 atom stereocenters. The molecule has 1 N–H and O–H groups in total. The molecule has 0 saturated heterocycles. The average molecular weight is 408 g/mol. The summed E-state index contributed by atoms with van der Waals surface area (Å²) in [6, 6.07) is 6.79. The van der Waals surface area contributed by atoms with Crippen molar-refractivity contribution in [2.45, 2.75) is 38.0 Å². The van der Waals surface area contributed by atoms with Crippen molar-refractivity contribution >= 4 is 11.7 Å². The number of ether oxygens (including phenoxy) is 3. The van der Waals surface area contributed by atoms with Gasteiger partial charge in [-0.15, -0.1) is 0 Å². The first-order valence-corrected chi connectivity index (χ1v) is 8.98. The fourth-order valence-electron chi connectivity index (χ4n) is 3.68. The van der Waals surface area contributed by atoms with E-state index in [1.54, 1.807) is 18.2 Å². The van der Waals surface area contributed by atoms with Crippen molar-refractivity contribution in [2.24, 2.45) is 5.92 Å². The van der Waals surface area contributed by atoms with Crippen LogP contribution >= 0.6 is 0 Å². The van der Waals surface area contributed by atoms with E-state index in [1.165, 1.54) is 7.11 Å². The van der Waals surface area contributed by atoms with E-state index in [9.17, 15) is 23.2 Å². The van der Waals surface area contributed by atoms with Crippen LogP contribution in [0.15, 0.2) is 29.5 Å². The summed E-state index contributed by atoms with van der Waals surface area (Å²) < 4.78 is 52.6. The zero-order valence-electron chi connectivity index (χ0n) is 15.6. The van der Waals surface area contributed by atoms with E-state index in [-0.39, 0.29) is 18.3 Å².